The summed E-state index contributed by atoms with van der Waals surface area (Å²) in [5.74, 6) is -8.17. The number of unbranched alkanes of at least 4 members (excludes halogenated alkanes) is 1. The molecule has 5 atom stereocenters. The number of carbonyl (C=O) groups is 8. The molecule has 5 unspecified atom stereocenters. The van der Waals surface area contributed by atoms with Gasteiger partial charge in [0.25, 0.3) is 0 Å². The van der Waals surface area contributed by atoms with E-state index in [1.54, 1.807) is 0 Å². The van der Waals surface area contributed by atoms with Gasteiger partial charge in [-0.05, 0) is 45.1 Å². The second kappa shape index (κ2) is 22.5. The van der Waals surface area contributed by atoms with Crippen LogP contribution < -0.4 is 49.5 Å². The maximum atomic E-state index is 13.2. The van der Waals surface area contributed by atoms with Gasteiger partial charge in [0.1, 0.15) is 30.7 Å². The smallest absolute Gasteiger partial charge is 0.322 e. The van der Waals surface area contributed by atoms with Crippen LogP contribution in [0.1, 0.15) is 51.4 Å². The minimum absolute atomic E-state index is 0.0925. The summed E-state index contributed by atoms with van der Waals surface area (Å²) in [5, 5.41) is 38.8. The number of carboxylic acids is 2. The summed E-state index contributed by atoms with van der Waals surface area (Å²) in [5.41, 5.74) is 22.1. The van der Waals surface area contributed by atoms with Gasteiger partial charge in [0.2, 0.25) is 35.4 Å². The second-order valence-corrected chi connectivity index (χ2v) is 11.4. The van der Waals surface area contributed by atoms with Crippen molar-refractivity contribution >= 4 is 53.3 Å². The molecule has 0 bridgehead atoms. The molecule has 282 valence electrons. The standard InChI is InChI=1S/C28H49N11O11/c29-8-2-1-5-15(30)23(46)36-16(6-3-9-33-28(31)32)24(47)34-12-20(41)39-10-4-7-19(39)27(50)37-17(11-21(42)43)26(49)38-18(14-40)25(48)35-13-22(44)45/h15-19,40H,1-14,29-30H2,(H,34,47)(H,35,48)(H,36,46)(H,37,50)(H,38,49)(H,42,43)(H,44,45)(H4,31,32,33). The highest BCUT2D eigenvalue weighted by Gasteiger charge is 2.37. The lowest BCUT2D eigenvalue weighted by atomic mass is 10.1. The molecule has 1 aliphatic rings. The fraction of sp³-hybridized carbons (Fsp3) is 0.679. The van der Waals surface area contributed by atoms with Crippen molar-refractivity contribution in [2.75, 3.05) is 39.3 Å². The largest absolute Gasteiger partial charge is 0.481 e. The maximum Gasteiger partial charge on any atom is 0.322 e. The van der Waals surface area contributed by atoms with E-state index in [4.69, 9.17) is 28.0 Å². The minimum Gasteiger partial charge on any atom is -0.481 e. The molecule has 0 aromatic heterocycles. The van der Waals surface area contributed by atoms with Crippen molar-refractivity contribution in [2.24, 2.45) is 27.9 Å². The zero-order valence-electron chi connectivity index (χ0n) is 27.6. The SMILES string of the molecule is NCCCCC(N)C(=O)NC(CCCN=C(N)N)C(=O)NCC(=O)N1CCCC1C(=O)NC(CC(=O)O)C(=O)NC(CO)C(=O)NCC(=O)O. The average molecular weight is 716 g/mol. The summed E-state index contributed by atoms with van der Waals surface area (Å²) in [7, 11) is 0. The molecular formula is C28H49N11O11. The number of carboxylic acid groups (broad SMARTS) is 2. The molecule has 6 amide bonds. The summed E-state index contributed by atoms with van der Waals surface area (Å²) in [6.07, 6.45) is 1.54. The van der Waals surface area contributed by atoms with Gasteiger partial charge in [-0.25, -0.2) is 0 Å². The van der Waals surface area contributed by atoms with E-state index in [1.807, 2.05) is 5.32 Å². The lowest BCUT2D eigenvalue weighted by molar-refractivity contribution is -0.143. The molecule has 50 heavy (non-hydrogen) atoms. The van der Waals surface area contributed by atoms with Crippen LogP contribution in [-0.2, 0) is 38.4 Å². The number of aliphatic hydroxyl groups excluding tert-OH is 1. The summed E-state index contributed by atoms with van der Waals surface area (Å²) < 4.78 is 0. The van der Waals surface area contributed by atoms with Crippen molar-refractivity contribution in [1.29, 1.82) is 0 Å². The van der Waals surface area contributed by atoms with E-state index < -0.39 is 104 Å². The van der Waals surface area contributed by atoms with Crippen molar-refractivity contribution in [3.05, 3.63) is 0 Å². The number of hydrogen-bond donors (Lipinski definition) is 12. The van der Waals surface area contributed by atoms with Crippen LogP contribution in [0.4, 0.5) is 0 Å². The van der Waals surface area contributed by atoms with Crippen LogP contribution in [0.2, 0.25) is 0 Å². The normalized spacial score (nSPS) is 16.1. The molecule has 0 aromatic rings. The number of nitrogens with two attached hydrogens (primary N) is 4. The third-order valence-corrected chi connectivity index (χ3v) is 7.42. The molecule has 1 heterocycles. The number of carbonyl (C=O) groups excluding carboxylic acids is 6. The van der Waals surface area contributed by atoms with Crippen molar-refractivity contribution in [1.82, 2.24) is 31.5 Å². The van der Waals surface area contributed by atoms with E-state index in [1.165, 1.54) is 0 Å². The van der Waals surface area contributed by atoms with Crippen LogP contribution in [-0.4, -0.2) is 143 Å². The first-order chi connectivity index (χ1) is 23.6. The Kier molecular flexibility index (Phi) is 19.3. The number of amides is 6. The molecule has 22 nitrogen and oxygen atoms in total. The summed E-state index contributed by atoms with van der Waals surface area (Å²) in [6, 6.07) is -6.57. The Morgan fingerprint density at radius 1 is 0.780 bits per heavy atom. The number of nitrogens with zero attached hydrogens (tertiary/aromatic N) is 2. The Labute approximate surface area is 287 Å². The summed E-state index contributed by atoms with van der Waals surface area (Å²) >= 11 is 0. The second-order valence-electron chi connectivity index (χ2n) is 11.4. The first-order valence-electron chi connectivity index (χ1n) is 15.9. The molecule has 0 spiro atoms. The van der Waals surface area contributed by atoms with E-state index >= 15 is 0 Å². The van der Waals surface area contributed by atoms with Crippen LogP contribution in [0, 0.1) is 0 Å². The lowest BCUT2D eigenvalue weighted by Gasteiger charge is -2.27. The van der Waals surface area contributed by atoms with E-state index in [9.17, 15) is 48.6 Å². The highest BCUT2D eigenvalue weighted by Crippen LogP contribution is 2.18. The van der Waals surface area contributed by atoms with Gasteiger partial charge in [0.05, 0.1) is 25.6 Å². The highest BCUT2D eigenvalue weighted by molar-refractivity contribution is 5.97. The molecular weight excluding hydrogens is 666 g/mol. The van der Waals surface area contributed by atoms with Gasteiger partial charge in [0, 0.05) is 13.1 Å². The molecule has 1 aliphatic heterocycles. The Hall–Kier alpha value is -5.09. The van der Waals surface area contributed by atoms with E-state index in [0.29, 0.717) is 32.2 Å². The monoisotopic (exact) mass is 715 g/mol. The number of nitrogens with one attached hydrogen (secondary N) is 5. The maximum absolute atomic E-state index is 13.2. The third-order valence-electron chi connectivity index (χ3n) is 7.42. The van der Waals surface area contributed by atoms with E-state index in [-0.39, 0.29) is 38.3 Å². The van der Waals surface area contributed by atoms with Crippen molar-refractivity contribution in [3.8, 4) is 0 Å². The zero-order chi connectivity index (χ0) is 37.8. The van der Waals surface area contributed by atoms with E-state index in [2.05, 4.69) is 26.3 Å². The molecule has 0 aliphatic carbocycles. The fourth-order valence-corrected chi connectivity index (χ4v) is 4.82. The first-order valence-corrected chi connectivity index (χ1v) is 15.9. The first kappa shape index (κ1) is 42.9. The fourth-order valence-electron chi connectivity index (χ4n) is 4.82. The Morgan fingerprint density at radius 2 is 1.42 bits per heavy atom. The van der Waals surface area contributed by atoms with Gasteiger partial charge in [-0.1, -0.05) is 6.42 Å². The number of aliphatic imine (C=N–C) groups is 1. The summed E-state index contributed by atoms with van der Waals surface area (Å²) in [4.78, 5) is 104. The van der Waals surface area contributed by atoms with Gasteiger partial charge in [-0.3, -0.25) is 43.3 Å². The van der Waals surface area contributed by atoms with Gasteiger partial charge >= 0.3 is 11.9 Å². The summed E-state index contributed by atoms with van der Waals surface area (Å²) in [6.45, 7) is -1.68. The van der Waals surface area contributed by atoms with Crippen LogP contribution >= 0.6 is 0 Å². The van der Waals surface area contributed by atoms with Gasteiger partial charge < -0.3 is 69.7 Å². The van der Waals surface area contributed by atoms with Gasteiger partial charge in [-0.15, -0.1) is 0 Å². The molecule has 16 N–H and O–H groups in total. The van der Waals surface area contributed by atoms with Crippen molar-refractivity contribution in [2.45, 2.75) is 81.6 Å². The van der Waals surface area contributed by atoms with Crippen LogP contribution in [0.5, 0.6) is 0 Å². The Bertz CT molecular complexity index is 1250. The van der Waals surface area contributed by atoms with Crippen LogP contribution in [0.25, 0.3) is 0 Å². The molecule has 1 rings (SSSR count). The molecule has 1 fully saturated rings. The predicted octanol–water partition coefficient (Wildman–Crippen LogP) is -6.27. The number of likely N-dealkylation sites (tertiary alicyclic amines) is 1. The average Bonchev–Trinajstić information content (AvgIpc) is 3.56. The lowest BCUT2D eigenvalue weighted by Crippen LogP contribution is -2.58. The van der Waals surface area contributed by atoms with Crippen molar-refractivity contribution in [3.63, 3.8) is 0 Å². The molecule has 1 saturated heterocycles. The third kappa shape index (κ3) is 15.9. The Morgan fingerprint density at radius 3 is 2.02 bits per heavy atom. The van der Waals surface area contributed by atoms with E-state index in [0.717, 1.165) is 4.90 Å². The minimum atomic E-state index is -1.75. The number of guanidine groups is 1. The predicted molar refractivity (Wildman–Crippen MR) is 174 cm³/mol. The van der Waals surface area contributed by atoms with Gasteiger partial charge in [-0.2, -0.15) is 0 Å². The number of hydrogen-bond acceptors (Lipinski definition) is 12. The zero-order valence-corrected chi connectivity index (χ0v) is 27.6. The topological polar surface area (TPSA) is 377 Å². The number of rotatable bonds is 23. The number of aliphatic carboxylic acids is 2. The molecule has 0 aromatic carbocycles. The van der Waals surface area contributed by atoms with Crippen LogP contribution in [0.15, 0.2) is 4.99 Å². The quantitative estimate of drug-likeness (QED) is 0.0266. The van der Waals surface area contributed by atoms with Gasteiger partial charge in [0.15, 0.2) is 5.96 Å². The van der Waals surface area contributed by atoms with Crippen LogP contribution in [0.3, 0.4) is 0 Å². The molecule has 0 radical (unpaired) electrons. The molecule has 0 saturated carbocycles. The number of aliphatic hydroxyl groups is 1. The Balaban J connectivity index is 2.93. The highest BCUT2D eigenvalue weighted by atomic mass is 16.4. The molecule has 22 heteroatoms. The van der Waals surface area contributed by atoms with Crippen molar-refractivity contribution < 1.29 is 53.7 Å².